The summed E-state index contributed by atoms with van der Waals surface area (Å²) in [5.41, 5.74) is 20.8. The van der Waals surface area contributed by atoms with Gasteiger partial charge in [-0.05, 0) is 113 Å². The molecule has 0 spiro atoms. The number of pyridine rings is 4. The molecular formula is C38H31F4N9. The number of halogens is 4. The Labute approximate surface area is 289 Å². The monoisotopic (exact) mass is 689 g/mol. The lowest BCUT2D eigenvalue weighted by Crippen LogP contribution is -1.94. The molecule has 6 heterocycles. The summed E-state index contributed by atoms with van der Waals surface area (Å²) in [5, 5.41) is 1.57. The van der Waals surface area contributed by atoms with Gasteiger partial charge in [0.15, 0.2) is 11.6 Å². The van der Waals surface area contributed by atoms with Gasteiger partial charge in [0.1, 0.15) is 28.7 Å². The van der Waals surface area contributed by atoms with Gasteiger partial charge in [-0.3, -0.25) is 9.97 Å². The van der Waals surface area contributed by atoms with E-state index < -0.39 is 5.82 Å². The second kappa shape index (κ2) is 15.3. The fraction of sp³-hybridized carbons (Fsp3) is 0.0526. The number of aromatic nitrogens is 6. The van der Waals surface area contributed by atoms with Crippen LogP contribution in [0.2, 0.25) is 0 Å². The molecule has 256 valence electrons. The Hall–Kier alpha value is -6.60. The molecule has 0 aliphatic rings. The first-order chi connectivity index (χ1) is 24.8. The number of nitrogen functional groups attached to an aromatic ring is 2. The molecule has 7 N–H and O–H groups in total. The zero-order chi connectivity index (χ0) is 35.9. The Morgan fingerprint density at radius 1 is 0.588 bits per heavy atom. The molecule has 0 aliphatic carbocycles. The van der Waals surface area contributed by atoms with Gasteiger partial charge in [0.25, 0.3) is 0 Å². The zero-order valence-corrected chi connectivity index (χ0v) is 27.1. The smallest absolute Gasteiger partial charge is 0.166 e. The van der Waals surface area contributed by atoms with Gasteiger partial charge >= 0.3 is 0 Å². The number of nitrogens with two attached hydrogens (primary N) is 2. The van der Waals surface area contributed by atoms with Crippen LogP contribution in [0.5, 0.6) is 0 Å². The Kier molecular flexibility index (Phi) is 10.3. The second-order valence-electron chi connectivity index (χ2n) is 11.1. The lowest BCUT2D eigenvalue weighted by molar-refractivity contribution is 0.346. The Balaban J connectivity index is 0.000000159. The average Bonchev–Trinajstić information content (AvgIpc) is 3.71. The molecule has 13 heteroatoms. The van der Waals surface area contributed by atoms with Gasteiger partial charge in [-0.25, -0.2) is 23.1 Å². The summed E-state index contributed by atoms with van der Waals surface area (Å²) >= 11 is 0. The summed E-state index contributed by atoms with van der Waals surface area (Å²) in [7, 11) is 0. The van der Waals surface area contributed by atoms with Gasteiger partial charge in [-0.15, -0.1) is 4.48 Å². The van der Waals surface area contributed by atoms with Crippen molar-refractivity contribution in [3.8, 4) is 44.8 Å². The zero-order valence-electron chi connectivity index (χ0n) is 27.1. The predicted molar refractivity (Wildman–Crippen MR) is 193 cm³/mol. The van der Waals surface area contributed by atoms with Crippen molar-refractivity contribution in [2.45, 2.75) is 6.92 Å². The highest BCUT2D eigenvalue weighted by atomic mass is 19.2. The van der Waals surface area contributed by atoms with Crippen LogP contribution in [0.4, 0.5) is 29.3 Å². The van der Waals surface area contributed by atoms with Crippen LogP contribution in [0.1, 0.15) is 6.92 Å². The summed E-state index contributed by atoms with van der Waals surface area (Å²) in [4.78, 5) is 23.0. The summed E-state index contributed by atoms with van der Waals surface area (Å²) in [6, 6.07) is 25.0. The minimum atomic E-state index is -0.581. The van der Waals surface area contributed by atoms with Gasteiger partial charge in [-0.1, -0.05) is 6.92 Å². The number of aromatic amines is 2. The number of fused-ring (bicyclic) bond motifs is 2. The molecule has 0 saturated heterocycles. The van der Waals surface area contributed by atoms with Crippen LogP contribution in [0, 0.1) is 17.5 Å². The molecule has 0 fully saturated rings. The van der Waals surface area contributed by atoms with Crippen LogP contribution in [-0.4, -0.2) is 36.4 Å². The molecule has 0 atom stereocenters. The van der Waals surface area contributed by atoms with Gasteiger partial charge < -0.3 is 21.4 Å². The number of hydrogen-bond donors (Lipinski definition) is 5. The molecule has 0 radical (unpaired) electrons. The molecule has 51 heavy (non-hydrogen) atoms. The van der Waals surface area contributed by atoms with Crippen molar-refractivity contribution in [1.82, 2.24) is 35.4 Å². The van der Waals surface area contributed by atoms with E-state index in [1.54, 1.807) is 62.0 Å². The molecule has 0 bridgehead atoms. The van der Waals surface area contributed by atoms with E-state index in [0.29, 0.717) is 34.7 Å². The largest absolute Gasteiger partial charge is 0.384 e. The number of H-pyrrole nitrogens is 2. The molecule has 0 amide bonds. The molecule has 8 rings (SSSR count). The quantitative estimate of drug-likeness (QED) is 0.0898. The van der Waals surface area contributed by atoms with E-state index in [4.69, 9.17) is 11.5 Å². The Bertz CT molecular complexity index is 2380. The maximum absolute atomic E-state index is 13.9. The number of nitrogens with one attached hydrogen (secondary N) is 3. The maximum atomic E-state index is 13.9. The standard InChI is InChI=1S/C18H12F2N4.C18H13FN4.C2H6FN/c19-12-3-1-11(2-4-12)16-15(10-5-7-22-8-6-10)13-9-14(20)17(21)24-18(13)23-16;19-13-3-1-12(2-4-13)17-16(11-7-9-21-10-8-11)14-5-6-15(20)22-18(14)23-17;1-2-4-3/h1-9H,(H3,21,23,24);1-10H,(H3,20,22,23);4H,2H2,1H3. The van der Waals surface area contributed by atoms with Crippen LogP contribution in [0.25, 0.3) is 66.8 Å². The third kappa shape index (κ3) is 7.53. The van der Waals surface area contributed by atoms with Crippen molar-refractivity contribution in [3.63, 3.8) is 0 Å². The highest BCUT2D eigenvalue weighted by molar-refractivity contribution is 6.03. The minimum absolute atomic E-state index is 0.171. The fourth-order valence-electron chi connectivity index (χ4n) is 5.49. The van der Waals surface area contributed by atoms with Crippen molar-refractivity contribution in [2.24, 2.45) is 0 Å². The van der Waals surface area contributed by atoms with E-state index in [1.165, 1.54) is 35.9 Å². The van der Waals surface area contributed by atoms with Crippen LogP contribution in [0.15, 0.2) is 116 Å². The van der Waals surface area contributed by atoms with Gasteiger partial charge in [0.05, 0.1) is 11.4 Å². The Morgan fingerprint density at radius 3 is 1.51 bits per heavy atom. The minimum Gasteiger partial charge on any atom is -0.384 e. The molecule has 6 aromatic heterocycles. The highest BCUT2D eigenvalue weighted by Crippen LogP contribution is 2.39. The van der Waals surface area contributed by atoms with E-state index in [1.807, 2.05) is 30.3 Å². The lowest BCUT2D eigenvalue weighted by Gasteiger charge is -2.05. The molecular weight excluding hydrogens is 658 g/mol. The van der Waals surface area contributed by atoms with Crippen molar-refractivity contribution < 1.29 is 17.7 Å². The third-order valence-electron chi connectivity index (χ3n) is 7.78. The summed E-state index contributed by atoms with van der Waals surface area (Å²) in [5.74, 6) is -0.893. The number of anilines is 2. The topological polar surface area (TPSA) is 147 Å². The van der Waals surface area contributed by atoms with E-state index >= 15 is 0 Å². The number of nitrogens with zero attached hydrogens (tertiary/aromatic N) is 4. The fourth-order valence-corrected chi connectivity index (χ4v) is 5.49. The number of hydrogen-bond acceptors (Lipinski definition) is 7. The first-order valence-corrected chi connectivity index (χ1v) is 15.7. The van der Waals surface area contributed by atoms with Gasteiger partial charge in [0.2, 0.25) is 0 Å². The van der Waals surface area contributed by atoms with E-state index in [-0.39, 0.29) is 17.5 Å². The van der Waals surface area contributed by atoms with E-state index in [0.717, 1.165) is 44.5 Å². The van der Waals surface area contributed by atoms with E-state index in [9.17, 15) is 17.7 Å². The second-order valence-corrected chi connectivity index (χ2v) is 11.1. The molecule has 9 nitrogen and oxygen atoms in total. The van der Waals surface area contributed by atoms with Gasteiger partial charge in [-0.2, -0.15) is 5.54 Å². The highest BCUT2D eigenvalue weighted by Gasteiger charge is 2.19. The van der Waals surface area contributed by atoms with Crippen molar-refractivity contribution in [3.05, 3.63) is 133 Å². The van der Waals surface area contributed by atoms with Crippen LogP contribution < -0.4 is 17.0 Å². The first-order valence-electron chi connectivity index (χ1n) is 15.7. The van der Waals surface area contributed by atoms with E-state index in [2.05, 4.69) is 29.9 Å². The van der Waals surface area contributed by atoms with Gasteiger partial charge in [0, 0.05) is 53.2 Å². The summed E-state index contributed by atoms with van der Waals surface area (Å²) < 4.78 is 50.9. The molecule has 8 aromatic rings. The number of rotatable bonds is 5. The SMILES string of the molecule is CCNF.Nc1ccc2c(-c3ccncc3)c(-c3ccc(F)cc3)[nH]c2n1.Nc1nc2[nH]c(-c3ccc(F)cc3)c(-c3ccncc3)c2cc1F. The molecule has 0 aliphatic heterocycles. The number of benzene rings is 2. The first kappa shape index (κ1) is 34.3. The van der Waals surface area contributed by atoms with Crippen molar-refractivity contribution >= 4 is 33.7 Å². The molecule has 2 aromatic carbocycles. The predicted octanol–water partition coefficient (Wildman–Crippen LogP) is 8.65. The molecule has 0 saturated carbocycles. The maximum Gasteiger partial charge on any atom is 0.166 e. The average molecular weight is 690 g/mol. The van der Waals surface area contributed by atoms with Crippen LogP contribution >= 0.6 is 0 Å². The molecule has 0 unspecified atom stereocenters. The van der Waals surface area contributed by atoms with Crippen molar-refractivity contribution in [2.75, 3.05) is 18.0 Å². The Morgan fingerprint density at radius 2 is 1.04 bits per heavy atom. The lowest BCUT2D eigenvalue weighted by atomic mass is 10.00. The summed E-state index contributed by atoms with van der Waals surface area (Å²) in [6.07, 6.45) is 6.80. The van der Waals surface area contributed by atoms with Crippen LogP contribution in [0.3, 0.4) is 0 Å². The van der Waals surface area contributed by atoms with Crippen LogP contribution in [-0.2, 0) is 0 Å². The van der Waals surface area contributed by atoms with Crippen molar-refractivity contribution in [1.29, 1.82) is 0 Å². The normalized spacial score (nSPS) is 10.8. The third-order valence-corrected chi connectivity index (χ3v) is 7.78. The summed E-state index contributed by atoms with van der Waals surface area (Å²) in [6.45, 7) is 2.10.